The number of hydrogen-bond acceptors (Lipinski definition) is 5. The van der Waals surface area contributed by atoms with Gasteiger partial charge in [-0.2, -0.15) is 0 Å². The normalized spacial score (nSPS) is 10.4. The number of carboxylic acid groups (broad SMARTS) is 2. The van der Waals surface area contributed by atoms with E-state index in [1.54, 1.807) is 0 Å². The Morgan fingerprint density at radius 3 is 0.962 bits per heavy atom. The van der Waals surface area contributed by atoms with Gasteiger partial charge in [0, 0.05) is 23.7 Å². The first-order valence-electron chi connectivity index (χ1n) is 21.9. The van der Waals surface area contributed by atoms with Crippen molar-refractivity contribution in [2.45, 2.75) is 219 Å². The maximum Gasteiger partial charge on any atom is 2.00 e. The summed E-state index contributed by atoms with van der Waals surface area (Å²) < 4.78 is 0. The van der Waals surface area contributed by atoms with Crippen molar-refractivity contribution in [2.24, 2.45) is 0 Å². The molecule has 0 spiro atoms. The van der Waals surface area contributed by atoms with Gasteiger partial charge in [0.25, 0.3) is 0 Å². The van der Waals surface area contributed by atoms with Crippen molar-refractivity contribution in [3.8, 4) is 11.3 Å². The van der Waals surface area contributed by atoms with Crippen molar-refractivity contribution in [3.05, 3.63) is 54.7 Å². The van der Waals surface area contributed by atoms with E-state index in [1.165, 1.54) is 167 Å². The van der Waals surface area contributed by atoms with E-state index in [-0.39, 0.29) is 35.9 Å². The van der Waals surface area contributed by atoms with Crippen LogP contribution in [0, 0.1) is 0 Å². The number of carbonyl (C=O) groups is 2. The van der Waals surface area contributed by atoms with E-state index in [1.807, 2.05) is 42.6 Å². The summed E-state index contributed by atoms with van der Waals surface area (Å²) in [4.78, 5) is 24.7. The Labute approximate surface area is 343 Å². The molecule has 0 aliphatic heterocycles. The second kappa shape index (κ2) is 44.5. The van der Waals surface area contributed by atoms with Crippen LogP contribution in [0.3, 0.4) is 0 Å². The van der Waals surface area contributed by atoms with Gasteiger partial charge in [-0.1, -0.05) is 230 Å². The minimum Gasteiger partial charge on any atom is -0.550 e. The summed E-state index contributed by atoms with van der Waals surface area (Å²) in [7, 11) is 0. The molecule has 0 saturated carbocycles. The molecule has 53 heavy (non-hydrogen) atoms. The molecule has 0 unspecified atom stereocenters. The average molecular weight is 746 g/mol. The number of aromatic nitrogens is 1. The van der Waals surface area contributed by atoms with Gasteiger partial charge >= 0.3 is 23.1 Å². The van der Waals surface area contributed by atoms with Gasteiger partial charge in [-0.05, 0) is 37.8 Å². The number of unbranched alkanes of at least 4 members (excludes halogenated alkanes) is 28. The van der Waals surface area contributed by atoms with Crippen LogP contribution in [-0.2, 0) is 9.59 Å². The van der Waals surface area contributed by atoms with Crippen molar-refractivity contribution < 1.29 is 19.8 Å². The molecule has 0 bridgehead atoms. The van der Waals surface area contributed by atoms with Crippen LogP contribution in [0.5, 0.6) is 0 Å². The maximum atomic E-state index is 10.2. The van der Waals surface area contributed by atoms with E-state index in [2.05, 4.69) is 31.0 Å². The smallest absolute Gasteiger partial charge is 0.550 e. The fraction of sp³-hybridized carbons (Fsp3) is 0.723. The van der Waals surface area contributed by atoms with Crippen LogP contribution in [0.15, 0.2) is 54.7 Å². The molecule has 298 valence electrons. The number of carboxylic acids is 2. The van der Waals surface area contributed by atoms with Gasteiger partial charge in [0.05, 0.1) is 5.69 Å². The van der Waals surface area contributed by atoms with Crippen molar-refractivity contribution in [1.29, 1.82) is 0 Å². The summed E-state index contributed by atoms with van der Waals surface area (Å²) in [6.07, 6.45) is 41.5. The molecule has 0 N–H and O–H groups in total. The van der Waals surface area contributed by atoms with Gasteiger partial charge in [0.2, 0.25) is 0 Å². The molecule has 1 aromatic heterocycles. The van der Waals surface area contributed by atoms with Gasteiger partial charge in [0.15, 0.2) is 0 Å². The van der Waals surface area contributed by atoms with Crippen LogP contribution in [0.1, 0.15) is 219 Å². The number of aliphatic carboxylic acids is 2. The summed E-state index contributed by atoms with van der Waals surface area (Å²) in [5, 5.41) is 20.4. The third kappa shape index (κ3) is 42.7. The summed E-state index contributed by atoms with van der Waals surface area (Å²) >= 11 is 0. The third-order valence-corrected chi connectivity index (χ3v) is 9.70. The molecule has 1 aromatic carbocycles. The zero-order valence-electron chi connectivity index (χ0n) is 34.6. The first-order valence-corrected chi connectivity index (χ1v) is 21.9. The van der Waals surface area contributed by atoms with Crippen LogP contribution < -0.4 is 10.2 Å². The molecule has 5 nitrogen and oxygen atoms in total. The van der Waals surface area contributed by atoms with Crippen molar-refractivity contribution >= 4 is 35.0 Å². The molecule has 0 amide bonds. The summed E-state index contributed by atoms with van der Waals surface area (Å²) in [6.45, 7) is 4.53. The minimum absolute atomic E-state index is 0. The zero-order valence-corrected chi connectivity index (χ0v) is 36.0. The molecular formula is C47H79MgNO4. The van der Waals surface area contributed by atoms with E-state index in [9.17, 15) is 19.8 Å². The van der Waals surface area contributed by atoms with Gasteiger partial charge < -0.3 is 19.8 Å². The maximum absolute atomic E-state index is 10.2. The van der Waals surface area contributed by atoms with E-state index in [0.717, 1.165) is 36.9 Å². The molecule has 0 radical (unpaired) electrons. The number of nitrogens with zero attached hydrogens (tertiary/aromatic N) is 1. The van der Waals surface area contributed by atoms with E-state index < -0.39 is 11.9 Å². The van der Waals surface area contributed by atoms with E-state index in [0.29, 0.717) is 0 Å². The van der Waals surface area contributed by atoms with Crippen LogP contribution in [0.2, 0.25) is 0 Å². The van der Waals surface area contributed by atoms with E-state index >= 15 is 0 Å². The molecule has 6 heteroatoms. The molecule has 0 atom stereocenters. The SMILES string of the molecule is CCCCCCCCCCCCCCCCCC(=O)[O-].CCCCCCCCCCCCCCCCCC(=O)[O-].[Mg+2].c1ccc(-c2ccccn2)cc1. The van der Waals surface area contributed by atoms with Gasteiger partial charge in [0.1, 0.15) is 0 Å². The topological polar surface area (TPSA) is 93.1 Å². The first kappa shape index (κ1) is 53.2. The van der Waals surface area contributed by atoms with Crippen LogP contribution in [-0.4, -0.2) is 40.0 Å². The quantitative estimate of drug-likeness (QED) is 0.0535. The predicted molar refractivity (Wildman–Crippen MR) is 225 cm³/mol. The Morgan fingerprint density at radius 1 is 0.415 bits per heavy atom. The Morgan fingerprint density at radius 2 is 0.698 bits per heavy atom. The molecular weight excluding hydrogens is 667 g/mol. The third-order valence-electron chi connectivity index (χ3n) is 9.70. The molecule has 0 saturated heterocycles. The number of pyridine rings is 1. The molecule has 0 fully saturated rings. The van der Waals surface area contributed by atoms with E-state index in [4.69, 9.17) is 0 Å². The Kier molecular flexibility index (Phi) is 44.6. The minimum atomic E-state index is -0.903. The summed E-state index contributed by atoms with van der Waals surface area (Å²) in [5.41, 5.74) is 2.19. The van der Waals surface area contributed by atoms with Gasteiger partial charge in [-0.3, -0.25) is 4.98 Å². The number of carbonyl (C=O) groups excluding carboxylic acids is 2. The van der Waals surface area contributed by atoms with Gasteiger partial charge in [-0.15, -0.1) is 0 Å². The predicted octanol–water partition coefficient (Wildman–Crippen LogP) is 12.4. The number of benzene rings is 1. The molecule has 2 aromatic rings. The zero-order chi connectivity index (χ0) is 38.0. The molecule has 0 aliphatic carbocycles. The second-order valence-electron chi connectivity index (χ2n) is 14.7. The van der Waals surface area contributed by atoms with Crippen LogP contribution in [0.25, 0.3) is 11.3 Å². The average Bonchev–Trinajstić information content (AvgIpc) is 3.16. The number of rotatable bonds is 33. The second-order valence-corrected chi connectivity index (χ2v) is 14.7. The van der Waals surface area contributed by atoms with Crippen molar-refractivity contribution in [1.82, 2.24) is 4.98 Å². The number of hydrogen-bond donors (Lipinski definition) is 0. The largest absolute Gasteiger partial charge is 2.00 e. The van der Waals surface area contributed by atoms with Gasteiger partial charge in [-0.25, -0.2) is 0 Å². The molecule has 0 aliphatic rings. The molecule has 2 rings (SSSR count). The summed E-state index contributed by atoms with van der Waals surface area (Å²) in [6, 6.07) is 16.1. The fourth-order valence-corrected chi connectivity index (χ4v) is 6.42. The molecule has 1 heterocycles. The Bertz CT molecular complexity index is 923. The van der Waals surface area contributed by atoms with Crippen molar-refractivity contribution in [3.63, 3.8) is 0 Å². The Balaban J connectivity index is 0. The summed E-state index contributed by atoms with van der Waals surface area (Å²) in [5.74, 6) is -1.81. The standard InChI is InChI=1S/2C18H36O2.C11H9N.Mg/c2*1-2-3-4-5-6-7-8-9-10-11-12-13-14-15-16-17-18(19)20;1-2-6-10(7-3-1)11-8-4-5-9-12-11;/h2*2-17H2,1H3,(H,19,20);1-9H;/q;;;+2/p-2. The van der Waals surface area contributed by atoms with Crippen LogP contribution in [0.4, 0.5) is 0 Å². The fourth-order valence-electron chi connectivity index (χ4n) is 6.42. The Hall–Kier alpha value is -1.92. The van der Waals surface area contributed by atoms with Crippen molar-refractivity contribution in [2.75, 3.05) is 0 Å². The van der Waals surface area contributed by atoms with Crippen LogP contribution >= 0.6 is 0 Å². The monoisotopic (exact) mass is 746 g/mol. The first-order chi connectivity index (χ1) is 25.5.